The molecule has 1 atom stereocenters. The molecule has 1 unspecified atom stereocenters. The molecule has 41 heavy (non-hydrogen) atoms. The Morgan fingerprint density at radius 3 is 2.68 bits per heavy atom. The minimum Gasteiger partial charge on any atom is -0.496 e. The lowest BCUT2D eigenvalue weighted by Crippen LogP contribution is -2.43. The Hall–Kier alpha value is -3.90. The summed E-state index contributed by atoms with van der Waals surface area (Å²) in [4.78, 5) is 22.3. The SMILES string of the molecule is COc1cc(OCc2csc(C3=CCC(C(=O)O)(C(C)(C)C)CC3)n2)c2cc(-c3cn4nc(OC)sc4n3)oc2c1. The molecular formula is C29H30N4O6S2. The molecule has 5 aromatic rings. The lowest BCUT2D eigenvalue weighted by atomic mass is 9.60. The fourth-order valence-electron chi connectivity index (χ4n) is 5.24. The summed E-state index contributed by atoms with van der Waals surface area (Å²) >= 11 is 2.90. The maximum absolute atomic E-state index is 12.2. The third kappa shape index (κ3) is 4.84. The van der Waals surface area contributed by atoms with Crippen LogP contribution in [0.2, 0.25) is 0 Å². The van der Waals surface area contributed by atoms with Crippen LogP contribution in [0.1, 0.15) is 50.7 Å². The van der Waals surface area contributed by atoms with Gasteiger partial charge in [0.15, 0.2) is 5.76 Å². The number of aromatic nitrogens is 4. The second-order valence-corrected chi connectivity index (χ2v) is 12.9. The molecule has 1 aliphatic carbocycles. The van der Waals surface area contributed by atoms with Gasteiger partial charge in [-0.3, -0.25) is 4.79 Å². The minimum atomic E-state index is -0.767. The van der Waals surface area contributed by atoms with Crippen molar-refractivity contribution in [3.8, 4) is 28.1 Å². The molecular weight excluding hydrogens is 564 g/mol. The van der Waals surface area contributed by atoms with E-state index in [0.717, 1.165) is 21.7 Å². The molecule has 10 nitrogen and oxygen atoms in total. The van der Waals surface area contributed by atoms with Crippen LogP contribution in [0.3, 0.4) is 0 Å². The first-order chi connectivity index (χ1) is 19.6. The van der Waals surface area contributed by atoms with Crippen molar-refractivity contribution in [2.24, 2.45) is 10.8 Å². The Kier molecular flexibility index (Phi) is 6.77. The molecule has 0 radical (unpaired) electrons. The topological polar surface area (TPSA) is 121 Å². The van der Waals surface area contributed by atoms with Crippen molar-refractivity contribution in [3.05, 3.63) is 46.6 Å². The number of hydrogen-bond donors (Lipinski definition) is 1. The zero-order valence-corrected chi connectivity index (χ0v) is 25.0. The molecule has 0 fully saturated rings. The van der Waals surface area contributed by atoms with E-state index in [4.69, 9.17) is 23.6 Å². The fraction of sp³-hybridized carbons (Fsp3) is 0.379. The van der Waals surface area contributed by atoms with Gasteiger partial charge in [-0.25, -0.2) is 14.5 Å². The van der Waals surface area contributed by atoms with Crippen LogP contribution in [0.4, 0.5) is 0 Å². The summed E-state index contributed by atoms with van der Waals surface area (Å²) in [5.74, 6) is 1.07. The number of ether oxygens (including phenoxy) is 3. The number of carboxylic acids is 1. The molecule has 0 saturated carbocycles. The maximum Gasteiger partial charge on any atom is 0.310 e. The Balaban J connectivity index is 1.22. The van der Waals surface area contributed by atoms with E-state index < -0.39 is 11.4 Å². The van der Waals surface area contributed by atoms with Gasteiger partial charge >= 0.3 is 5.97 Å². The summed E-state index contributed by atoms with van der Waals surface area (Å²) in [6, 6.07) is 5.54. The van der Waals surface area contributed by atoms with E-state index in [2.05, 4.69) is 16.2 Å². The van der Waals surface area contributed by atoms with E-state index in [1.54, 1.807) is 36.3 Å². The highest BCUT2D eigenvalue weighted by atomic mass is 32.1. The van der Waals surface area contributed by atoms with Gasteiger partial charge in [0.1, 0.15) is 34.4 Å². The number of imidazole rings is 1. The van der Waals surface area contributed by atoms with Crippen LogP contribution in [-0.2, 0) is 11.4 Å². The van der Waals surface area contributed by atoms with Crippen LogP contribution in [-0.4, -0.2) is 44.9 Å². The van der Waals surface area contributed by atoms with E-state index >= 15 is 0 Å². The summed E-state index contributed by atoms with van der Waals surface area (Å²) in [7, 11) is 3.17. The Morgan fingerprint density at radius 2 is 2.02 bits per heavy atom. The number of carbonyl (C=O) groups is 1. The summed E-state index contributed by atoms with van der Waals surface area (Å²) in [6.45, 7) is 6.27. The third-order valence-corrected chi connectivity index (χ3v) is 9.68. The monoisotopic (exact) mass is 594 g/mol. The first kappa shape index (κ1) is 27.3. The van der Waals surface area contributed by atoms with Crippen molar-refractivity contribution in [2.75, 3.05) is 14.2 Å². The molecule has 1 aliphatic rings. The van der Waals surface area contributed by atoms with Gasteiger partial charge in [0.05, 0.1) is 36.9 Å². The highest BCUT2D eigenvalue weighted by Crippen LogP contribution is 2.50. The van der Waals surface area contributed by atoms with Gasteiger partial charge in [0.25, 0.3) is 5.19 Å². The lowest BCUT2D eigenvalue weighted by molar-refractivity contribution is -0.157. The Morgan fingerprint density at radius 1 is 1.20 bits per heavy atom. The van der Waals surface area contributed by atoms with Gasteiger partial charge in [0.2, 0.25) is 4.96 Å². The standard InChI is InChI=1S/C29H30N4O6S2/c1-28(2,3)29(25(34)35)8-6-16(7-9-29)24-30-17(15-40-24)14-38-21-10-18(36-4)11-22-19(21)12-23(39-22)20-13-33-26(31-20)41-27(32-33)37-5/h6,10-13,15H,7-9,14H2,1-5H3,(H,34,35). The van der Waals surface area contributed by atoms with Crippen molar-refractivity contribution < 1.29 is 28.5 Å². The average molecular weight is 595 g/mol. The number of fused-ring (bicyclic) bond motifs is 2. The number of allylic oxidation sites excluding steroid dienone is 2. The summed E-state index contributed by atoms with van der Waals surface area (Å²) in [6.07, 6.45) is 5.61. The van der Waals surface area contributed by atoms with Gasteiger partial charge < -0.3 is 23.7 Å². The van der Waals surface area contributed by atoms with Crippen molar-refractivity contribution in [1.29, 1.82) is 0 Å². The van der Waals surface area contributed by atoms with Crippen molar-refractivity contribution >= 4 is 50.1 Å². The van der Waals surface area contributed by atoms with Crippen LogP contribution in [0.5, 0.6) is 16.7 Å². The summed E-state index contributed by atoms with van der Waals surface area (Å²) in [5, 5.41) is 18.5. The summed E-state index contributed by atoms with van der Waals surface area (Å²) in [5.41, 5.74) is 2.05. The van der Waals surface area contributed by atoms with Crippen LogP contribution >= 0.6 is 22.7 Å². The highest BCUT2D eigenvalue weighted by Gasteiger charge is 2.49. The first-order valence-corrected chi connectivity index (χ1v) is 14.8. The second kappa shape index (κ2) is 10.2. The molecule has 1 aromatic carbocycles. The quantitative estimate of drug-likeness (QED) is 0.204. The molecule has 0 aliphatic heterocycles. The zero-order valence-electron chi connectivity index (χ0n) is 23.4. The predicted molar refractivity (Wildman–Crippen MR) is 157 cm³/mol. The molecule has 214 valence electrons. The van der Waals surface area contributed by atoms with Crippen LogP contribution < -0.4 is 14.2 Å². The van der Waals surface area contributed by atoms with Crippen molar-refractivity contribution in [3.63, 3.8) is 0 Å². The molecule has 1 N–H and O–H groups in total. The van der Waals surface area contributed by atoms with E-state index in [1.165, 1.54) is 11.3 Å². The largest absolute Gasteiger partial charge is 0.496 e. The molecule has 4 heterocycles. The van der Waals surface area contributed by atoms with Crippen LogP contribution in [0.25, 0.3) is 33.0 Å². The van der Waals surface area contributed by atoms with Crippen molar-refractivity contribution in [1.82, 2.24) is 19.6 Å². The molecule has 0 spiro atoms. The number of hydrogen-bond acceptors (Lipinski definition) is 10. The smallest absolute Gasteiger partial charge is 0.310 e. The zero-order chi connectivity index (χ0) is 28.9. The predicted octanol–water partition coefficient (Wildman–Crippen LogP) is 6.94. The molecule has 0 saturated heterocycles. The number of furan rings is 1. The van der Waals surface area contributed by atoms with Crippen LogP contribution in [0.15, 0.2) is 40.3 Å². The van der Waals surface area contributed by atoms with Crippen molar-refractivity contribution in [2.45, 2.75) is 46.6 Å². The number of carboxylic acid groups (broad SMARTS) is 1. The second-order valence-electron chi connectivity index (χ2n) is 11.1. The van der Waals surface area contributed by atoms with E-state index in [0.29, 0.717) is 58.0 Å². The molecule has 0 amide bonds. The Labute approximate surface area is 244 Å². The number of thiazole rings is 1. The Bertz CT molecular complexity index is 1760. The van der Waals surface area contributed by atoms with Gasteiger partial charge in [-0.15, -0.1) is 16.4 Å². The molecule has 0 bridgehead atoms. The van der Waals surface area contributed by atoms with E-state index in [-0.39, 0.29) is 12.0 Å². The minimum absolute atomic E-state index is 0.261. The number of methoxy groups -OCH3 is 2. The van der Waals surface area contributed by atoms with Gasteiger partial charge in [-0.05, 0) is 47.7 Å². The first-order valence-electron chi connectivity index (χ1n) is 13.1. The maximum atomic E-state index is 12.2. The fourth-order valence-corrected chi connectivity index (χ4v) is 6.82. The number of nitrogens with zero attached hydrogens (tertiary/aromatic N) is 4. The molecule has 4 aromatic heterocycles. The van der Waals surface area contributed by atoms with Gasteiger partial charge in [-0.2, -0.15) is 0 Å². The van der Waals surface area contributed by atoms with Crippen LogP contribution in [0, 0.1) is 10.8 Å². The number of aliphatic carboxylic acids is 1. The summed E-state index contributed by atoms with van der Waals surface area (Å²) < 4.78 is 24.7. The van der Waals surface area contributed by atoms with E-state index in [9.17, 15) is 9.90 Å². The molecule has 12 heteroatoms. The molecule has 6 rings (SSSR count). The normalized spacial score (nSPS) is 17.6. The van der Waals surface area contributed by atoms with Gasteiger partial charge in [-0.1, -0.05) is 26.8 Å². The average Bonchev–Trinajstić information content (AvgIpc) is 3.73. The third-order valence-electron chi connectivity index (χ3n) is 7.83. The van der Waals surface area contributed by atoms with Gasteiger partial charge in [0, 0.05) is 17.5 Å². The van der Waals surface area contributed by atoms with E-state index in [1.807, 2.05) is 44.4 Å². The lowest BCUT2D eigenvalue weighted by Gasteiger charge is -2.43. The number of rotatable bonds is 8. The number of benzene rings is 1. The highest BCUT2D eigenvalue weighted by molar-refractivity contribution is 7.18.